The number of aromatic nitrogens is 1. The first-order valence-corrected chi connectivity index (χ1v) is 8.54. The molecule has 0 aliphatic heterocycles. The topological polar surface area (TPSA) is 126 Å². The van der Waals surface area contributed by atoms with E-state index in [4.69, 9.17) is 0 Å². The van der Waals surface area contributed by atoms with Gasteiger partial charge in [-0.3, -0.25) is 24.3 Å². The predicted molar refractivity (Wildman–Crippen MR) is 95.9 cm³/mol. The maximum Gasteiger partial charge on any atom is 0.271 e. The molecule has 1 aliphatic rings. The van der Waals surface area contributed by atoms with Crippen LogP contribution in [0.2, 0.25) is 0 Å². The number of hydrogen-bond acceptors (Lipinski definition) is 6. The van der Waals surface area contributed by atoms with Gasteiger partial charge in [-0.1, -0.05) is 12.8 Å². The predicted octanol–water partition coefficient (Wildman–Crippen LogP) is 2.99. The lowest BCUT2D eigenvalue weighted by atomic mass is 9.96. The van der Waals surface area contributed by atoms with Gasteiger partial charge in [0.1, 0.15) is 11.6 Å². The van der Waals surface area contributed by atoms with Gasteiger partial charge in [-0.05, 0) is 37.5 Å². The van der Waals surface area contributed by atoms with Gasteiger partial charge in [-0.15, -0.1) is 0 Å². The van der Waals surface area contributed by atoms with Crippen LogP contribution in [0.3, 0.4) is 0 Å². The number of nitriles is 1. The first kappa shape index (κ1) is 18.3. The van der Waals surface area contributed by atoms with Gasteiger partial charge in [0.05, 0.1) is 10.5 Å². The number of aromatic hydroxyl groups is 1. The zero-order valence-electron chi connectivity index (χ0n) is 14.6. The third-order valence-corrected chi connectivity index (χ3v) is 5.00. The fraction of sp³-hybridized carbons (Fsp3) is 0.316. The summed E-state index contributed by atoms with van der Waals surface area (Å²) in [6, 6.07) is 6.54. The molecule has 1 aromatic heterocycles. The zero-order valence-corrected chi connectivity index (χ0v) is 14.6. The van der Waals surface area contributed by atoms with Crippen molar-refractivity contribution in [2.24, 2.45) is 0 Å². The maximum atomic E-state index is 13.0. The molecule has 1 heterocycles. The third kappa shape index (κ3) is 3.08. The standard InChI is InChI=1S/C19H17N3O5/c1-11-15(10-20)18(24)21(13-4-2-3-5-13)19(25)16(11)17(23)12-6-8-14(9-7-12)22(26)27/h6-9,13,25H,2-5H2,1H3. The SMILES string of the molecule is Cc1c(C(=O)c2ccc([N+](=O)[O-])cc2)c(O)n(C2CCCC2)c(=O)c1C#N. The number of ketones is 1. The van der Waals surface area contributed by atoms with Gasteiger partial charge in [0.25, 0.3) is 11.2 Å². The minimum atomic E-state index is -0.598. The van der Waals surface area contributed by atoms with Crippen molar-refractivity contribution in [2.75, 3.05) is 0 Å². The van der Waals surface area contributed by atoms with Crippen molar-refractivity contribution in [1.82, 2.24) is 4.57 Å². The minimum Gasteiger partial charge on any atom is -0.494 e. The Labute approximate surface area is 154 Å². The summed E-state index contributed by atoms with van der Waals surface area (Å²) < 4.78 is 1.15. The molecular weight excluding hydrogens is 350 g/mol. The Kier molecular flexibility index (Phi) is 4.77. The van der Waals surface area contributed by atoms with E-state index in [0.29, 0.717) is 12.8 Å². The number of carbonyl (C=O) groups excluding carboxylic acids is 1. The molecule has 2 aromatic rings. The van der Waals surface area contributed by atoms with Gasteiger partial charge < -0.3 is 5.11 Å². The van der Waals surface area contributed by atoms with Crippen molar-refractivity contribution in [2.45, 2.75) is 38.6 Å². The van der Waals surface area contributed by atoms with E-state index in [0.717, 1.165) is 17.4 Å². The number of hydrogen-bond donors (Lipinski definition) is 1. The quantitative estimate of drug-likeness (QED) is 0.503. The summed E-state index contributed by atoms with van der Waals surface area (Å²) in [6.45, 7) is 1.44. The first-order chi connectivity index (χ1) is 12.9. The van der Waals surface area contributed by atoms with Crippen molar-refractivity contribution in [3.63, 3.8) is 0 Å². The number of nitrogens with zero attached hydrogens (tertiary/aromatic N) is 3. The van der Waals surface area contributed by atoms with E-state index in [1.165, 1.54) is 31.2 Å². The summed E-state index contributed by atoms with van der Waals surface area (Å²) >= 11 is 0. The van der Waals surface area contributed by atoms with E-state index in [9.17, 15) is 30.1 Å². The average Bonchev–Trinajstić information content (AvgIpc) is 3.16. The van der Waals surface area contributed by atoms with Gasteiger partial charge in [-0.25, -0.2) is 0 Å². The van der Waals surface area contributed by atoms with Gasteiger partial charge >= 0.3 is 0 Å². The molecule has 0 atom stereocenters. The van der Waals surface area contributed by atoms with Gasteiger partial charge in [-0.2, -0.15) is 5.26 Å². The number of pyridine rings is 1. The highest BCUT2D eigenvalue weighted by molar-refractivity contribution is 6.11. The van der Waals surface area contributed by atoms with Crippen LogP contribution in [0.5, 0.6) is 5.88 Å². The van der Waals surface area contributed by atoms with Crippen LogP contribution in [0.4, 0.5) is 5.69 Å². The second kappa shape index (κ2) is 7.03. The fourth-order valence-electron chi connectivity index (χ4n) is 3.57. The van der Waals surface area contributed by atoms with Crippen LogP contribution in [0.25, 0.3) is 0 Å². The highest BCUT2D eigenvalue weighted by Gasteiger charge is 2.29. The summed E-state index contributed by atoms with van der Waals surface area (Å²) in [5, 5.41) is 30.9. The van der Waals surface area contributed by atoms with E-state index in [1.54, 1.807) is 0 Å². The molecule has 8 nitrogen and oxygen atoms in total. The largest absolute Gasteiger partial charge is 0.494 e. The summed E-state index contributed by atoms with van der Waals surface area (Å²) in [5.41, 5.74) is -0.824. The van der Waals surface area contributed by atoms with E-state index in [1.807, 2.05) is 6.07 Å². The van der Waals surface area contributed by atoms with Crippen molar-refractivity contribution in [3.8, 4) is 11.9 Å². The lowest BCUT2D eigenvalue weighted by Crippen LogP contribution is -2.29. The third-order valence-electron chi connectivity index (χ3n) is 5.00. The van der Waals surface area contributed by atoms with Gasteiger partial charge in [0.2, 0.25) is 5.88 Å². The number of non-ortho nitro benzene ring substituents is 1. The second-order valence-electron chi connectivity index (χ2n) is 6.56. The number of benzene rings is 1. The van der Waals surface area contributed by atoms with Crippen LogP contribution in [-0.2, 0) is 0 Å². The molecule has 3 rings (SSSR count). The Morgan fingerprint density at radius 3 is 2.41 bits per heavy atom. The molecule has 27 heavy (non-hydrogen) atoms. The van der Waals surface area contributed by atoms with Crippen molar-refractivity contribution in [3.05, 3.63) is 67.0 Å². The Bertz CT molecular complexity index is 1030. The molecule has 0 bridgehead atoms. The monoisotopic (exact) mass is 367 g/mol. The summed E-state index contributed by atoms with van der Waals surface area (Å²) in [5.74, 6) is -1.05. The Morgan fingerprint density at radius 1 is 1.30 bits per heavy atom. The first-order valence-electron chi connectivity index (χ1n) is 8.54. The number of rotatable bonds is 4. The van der Waals surface area contributed by atoms with Gasteiger partial charge in [0, 0.05) is 23.7 Å². The van der Waals surface area contributed by atoms with Crippen LogP contribution in [0.1, 0.15) is 58.8 Å². The zero-order chi connectivity index (χ0) is 19.7. The lowest BCUT2D eigenvalue weighted by molar-refractivity contribution is -0.384. The van der Waals surface area contributed by atoms with E-state index in [2.05, 4.69) is 0 Å². The van der Waals surface area contributed by atoms with E-state index >= 15 is 0 Å². The molecule has 0 amide bonds. The fourth-order valence-corrected chi connectivity index (χ4v) is 3.57. The molecule has 1 fully saturated rings. The number of nitro benzene ring substituents is 1. The summed E-state index contributed by atoms with van der Waals surface area (Å²) in [6.07, 6.45) is 3.18. The Hall–Kier alpha value is -3.47. The average molecular weight is 367 g/mol. The molecule has 8 heteroatoms. The Morgan fingerprint density at radius 2 is 1.89 bits per heavy atom. The normalized spacial score (nSPS) is 14.1. The smallest absolute Gasteiger partial charge is 0.271 e. The van der Waals surface area contributed by atoms with Crippen LogP contribution in [0, 0.1) is 28.4 Å². The molecule has 0 spiro atoms. The molecule has 1 aromatic carbocycles. The van der Waals surface area contributed by atoms with E-state index in [-0.39, 0.29) is 34.0 Å². The highest BCUT2D eigenvalue weighted by Crippen LogP contribution is 2.34. The van der Waals surface area contributed by atoms with Crippen LogP contribution >= 0.6 is 0 Å². The lowest BCUT2D eigenvalue weighted by Gasteiger charge is -2.20. The van der Waals surface area contributed by atoms with Crippen molar-refractivity contribution >= 4 is 11.5 Å². The molecule has 1 N–H and O–H groups in total. The van der Waals surface area contributed by atoms with Crippen LogP contribution in [-0.4, -0.2) is 20.4 Å². The molecule has 1 aliphatic carbocycles. The molecule has 138 valence electrons. The molecule has 0 saturated heterocycles. The van der Waals surface area contributed by atoms with Crippen molar-refractivity contribution < 1.29 is 14.8 Å². The second-order valence-corrected chi connectivity index (χ2v) is 6.56. The maximum absolute atomic E-state index is 13.0. The number of nitro groups is 1. The van der Waals surface area contributed by atoms with Crippen LogP contribution in [0.15, 0.2) is 29.1 Å². The summed E-state index contributed by atoms with van der Waals surface area (Å²) in [7, 11) is 0. The Balaban J connectivity index is 2.18. The van der Waals surface area contributed by atoms with Crippen LogP contribution < -0.4 is 5.56 Å². The van der Waals surface area contributed by atoms with E-state index < -0.39 is 22.1 Å². The molecule has 0 unspecified atom stereocenters. The summed E-state index contributed by atoms with van der Waals surface area (Å²) in [4.78, 5) is 35.8. The van der Waals surface area contributed by atoms with Gasteiger partial charge in [0.15, 0.2) is 5.78 Å². The minimum absolute atomic E-state index is 0.109. The molecule has 1 saturated carbocycles. The highest BCUT2D eigenvalue weighted by atomic mass is 16.6. The molecular formula is C19H17N3O5. The van der Waals surface area contributed by atoms with Crippen molar-refractivity contribution in [1.29, 1.82) is 5.26 Å². The number of carbonyl (C=O) groups is 1. The molecule has 0 radical (unpaired) electrons.